The first-order valence-corrected chi connectivity index (χ1v) is 9.38. The fourth-order valence-electron chi connectivity index (χ4n) is 2.06. The Bertz CT molecular complexity index is 301. The Morgan fingerprint density at radius 1 is 1.17 bits per heavy atom. The van der Waals surface area contributed by atoms with Crippen molar-refractivity contribution in [2.75, 3.05) is 6.61 Å². The van der Waals surface area contributed by atoms with Crippen LogP contribution in [0.1, 0.15) is 59.3 Å². The molecule has 1 fully saturated rings. The van der Waals surface area contributed by atoms with E-state index in [4.69, 9.17) is 4.43 Å². The van der Waals surface area contributed by atoms with Crippen molar-refractivity contribution < 1.29 is 9.53 Å². The third kappa shape index (κ3) is 5.56. The van der Waals surface area contributed by atoms with Crippen LogP contribution in [-0.4, -0.2) is 26.4 Å². The Morgan fingerprint density at radius 3 is 2.22 bits per heavy atom. The van der Waals surface area contributed by atoms with Gasteiger partial charge in [-0.15, -0.1) is 0 Å². The molecule has 104 valence electrons. The molecule has 2 nitrogen and oxygen atoms in total. The lowest BCUT2D eigenvalue weighted by molar-refractivity contribution is 0.0846. The molecule has 0 bridgehead atoms. The monoisotopic (exact) mass is 268 g/mol. The first-order chi connectivity index (χ1) is 8.33. The minimum Gasteiger partial charge on any atom is -0.409 e. The van der Waals surface area contributed by atoms with Crippen LogP contribution in [0.3, 0.4) is 0 Å². The highest BCUT2D eigenvalue weighted by Crippen LogP contribution is 2.27. The van der Waals surface area contributed by atoms with Gasteiger partial charge in [0.2, 0.25) is 0 Å². The van der Waals surface area contributed by atoms with E-state index in [0.717, 1.165) is 25.7 Å². The van der Waals surface area contributed by atoms with Crippen molar-refractivity contribution in [3.05, 3.63) is 0 Å². The average molecular weight is 268 g/mol. The van der Waals surface area contributed by atoms with Gasteiger partial charge in [-0.3, -0.25) is 0 Å². The van der Waals surface area contributed by atoms with E-state index in [0.29, 0.717) is 6.61 Å². The number of rotatable bonds is 2. The summed E-state index contributed by atoms with van der Waals surface area (Å²) in [6.07, 6.45) is 6.31. The molecular formula is C15H28O2Si. The van der Waals surface area contributed by atoms with Crippen LogP contribution in [-0.2, 0) is 4.43 Å². The van der Waals surface area contributed by atoms with E-state index < -0.39 is 14.6 Å². The van der Waals surface area contributed by atoms with Gasteiger partial charge in [0.15, 0.2) is 9.04 Å². The second kappa shape index (κ2) is 6.74. The molecule has 1 aliphatic rings. The van der Waals surface area contributed by atoms with E-state index in [1.807, 2.05) is 0 Å². The number of hydrogen-bond donors (Lipinski definition) is 1. The molecule has 1 N–H and O–H groups in total. The van der Waals surface area contributed by atoms with Crippen molar-refractivity contribution in [2.24, 2.45) is 0 Å². The van der Waals surface area contributed by atoms with Gasteiger partial charge in [0, 0.05) is 0 Å². The van der Waals surface area contributed by atoms with Gasteiger partial charge >= 0.3 is 0 Å². The number of hydrogen-bond acceptors (Lipinski definition) is 2. The lowest BCUT2D eigenvalue weighted by atomic mass is 9.95. The predicted octanol–water partition coefficient (Wildman–Crippen LogP) is 3.25. The summed E-state index contributed by atoms with van der Waals surface area (Å²) in [6.45, 7) is 9.34. The van der Waals surface area contributed by atoms with Crippen molar-refractivity contribution in [2.45, 2.75) is 76.5 Å². The van der Waals surface area contributed by atoms with E-state index in [1.165, 1.54) is 12.8 Å². The van der Waals surface area contributed by atoms with Crippen LogP contribution in [0.5, 0.6) is 0 Å². The fraction of sp³-hybridized carbons (Fsp3) is 0.867. The second-order valence-electron chi connectivity index (χ2n) is 6.57. The Hall–Kier alpha value is -0.303. The second-order valence-corrected chi connectivity index (χ2v) is 9.92. The molecule has 0 saturated heterocycles. The summed E-state index contributed by atoms with van der Waals surface area (Å²) in [4.78, 5) is 0. The quantitative estimate of drug-likeness (QED) is 0.473. The van der Waals surface area contributed by atoms with Crippen LogP contribution in [0, 0.1) is 11.8 Å². The zero-order valence-electron chi connectivity index (χ0n) is 12.4. The summed E-state index contributed by atoms with van der Waals surface area (Å²) in [5, 5.41) is 10.6. The maximum atomic E-state index is 10.4. The first kappa shape index (κ1) is 15.8. The van der Waals surface area contributed by atoms with Crippen molar-refractivity contribution in [3.63, 3.8) is 0 Å². The zero-order chi connectivity index (χ0) is 13.6. The molecule has 0 spiro atoms. The highest BCUT2D eigenvalue weighted by molar-refractivity contribution is 6.53. The van der Waals surface area contributed by atoms with Gasteiger partial charge in [-0.25, -0.2) is 0 Å². The Kier molecular flexibility index (Phi) is 5.90. The van der Waals surface area contributed by atoms with Gasteiger partial charge in [0.1, 0.15) is 5.60 Å². The Morgan fingerprint density at radius 2 is 1.72 bits per heavy atom. The third-order valence-electron chi connectivity index (χ3n) is 3.88. The first-order valence-electron chi connectivity index (χ1n) is 7.17. The van der Waals surface area contributed by atoms with Gasteiger partial charge in [-0.1, -0.05) is 45.5 Å². The molecule has 18 heavy (non-hydrogen) atoms. The standard InChI is InChI=1S/C15H28O2Si/c1-14(2,3)18(4)17-13-9-12-15(16)10-7-5-6-8-11-15/h16,18H,5-8,10-11,13H2,1-4H3. The molecule has 0 aromatic carbocycles. The molecule has 0 aromatic rings. The fourth-order valence-corrected chi connectivity index (χ4v) is 2.89. The van der Waals surface area contributed by atoms with E-state index in [2.05, 4.69) is 39.2 Å². The minimum absolute atomic E-state index is 0.279. The van der Waals surface area contributed by atoms with Crippen LogP contribution < -0.4 is 0 Å². The molecule has 0 aliphatic heterocycles. The van der Waals surface area contributed by atoms with Crippen molar-refractivity contribution in [1.82, 2.24) is 0 Å². The molecule has 1 saturated carbocycles. The highest BCUT2D eigenvalue weighted by atomic mass is 28.3. The SMILES string of the molecule is C[SiH](OCC#CC1(O)CCCCCC1)C(C)(C)C. The van der Waals surface area contributed by atoms with E-state index in [1.54, 1.807) is 0 Å². The summed E-state index contributed by atoms with van der Waals surface area (Å²) in [5.41, 5.74) is -0.744. The molecule has 0 aromatic heterocycles. The van der Waals surface area contributed by atoms with Crippen LogP contribution in [0.25, 0.3) is 0 Å². The molecule has 1 atom stereocenters. The topological polar surface area (TPSA) is 29.5 Å². The highest BCUT2D eigenvalue weighted by Gasteiger charge is 2.25. The normalized spacial score (nSPS) is 21.6. The molecule has 0 radical (unpaired) electrons. The molecule has 0 amide bonds. The summed E-state index contributed by atoms with van der Waals surface area (Å²) in [6, 6.07) is 0. The molecule has 0 heterocycles. The van der Waals surface area contributed by atoms with Crippen molar-refractivity contribution in [3.8, 4) is 11.8 Å². The maximum absolute atomic E-state index is 10.4. The summed E-state index contributed by atoms with van der Waals surface area (Å²) in [5.74, 6) is 6.09. The van der Waals surface area contributed by atoms with E-state index in [-0.39, 0.29) is 5.04 Å². The van der Waals surface area contributed by atoms with Gasteiger partial charge in [-0.05, 0) is 37.3 Å². The van der Waals surface area contributed by atoms with E-state index >= 15 is 0 Å². The number of aliphatic hydroxyl groups is 1. The molecule has 3 heteroatoms. The lowest BCUT2D eigenvalue weighted by Gasteiger charge is -2.24. The van der Waals surface area contributed by atoms with Gasteiger partial charge < -0.3 is 9.53 Å². The maximum Gasteiger partial charge on any atom is 0.180 e. The van der Waals surface area contributed by atoms with Crippen molar-refractivity contribution >= 4 is 9.04 Å². The van der Waals surface area contributed by atoms with Crippen molar-refractivity contribution in [1.29, 1.82) is 0 Å². The van der Waals surface area contributed by atoms with Crippen LogP contribution in [0.15, 0.2) is 0 Å². The third-order valence-corrected chi connectivity index (χ3v) is 6.98. The minimum atomic E-state index is -1.18. The predicted molar refractivity (Wildman–Crippen MR) is 79.1 cm³/mol. The van der Waals surface area contributed by atoms with Gasteiger partial charge in [-0.2, -0.15) is 0 Å². The summed E-state index contributed by atoms with van der Waals surface area (Å²) < 4.78 is 5.83. The smallest absolute Gasteiger partial charge is 0.180 e. The lowest BCUT2D eigenvalue weighted by Crippen LogP contribution is -2.27. The van der Waals surface area contributed by atoms with Gasteiger partial charge in [0.05, 0.1) is 6.61 Å². The molecule has 1 unspecified atom stereocenters. The Balaban J connectivity index is 2.40. The van der Waals surface area contributed by atoms with Crippen LogP contribution in [0.2, 0.25) is 11.6 Å². The van der Waals surface area contributed by atoms with E-state index in [9.17, 15) is 5.11 Å². The average Bonchev–Trinajstić information content (AvgIpc) is 2.48. The molecule has 1 rings (SSSR count). The molecule has 1 aliphatic carbocycles. The summed E-state index contributed by atoms with van der Waals surface area (Å²) >= 11 is 0. The van der Waals surface area contributed by atoms with Crippen LogP contribution in [0.4, 0.5) is 0 Å². The Labute approximate surface area is 114 Å². The van der Waals surface area contributed by atoms with Crippen LogP contribution >= 0.6 is 0 Å². The van der Waals surface area contributed by atoms with Gasteiger partial charge in [0.25, 0.3) is 0 Å². The summed E-state index contributed by atoms with van der Waals surface area (Å²) in [7, 11) is -1.18. The molecular weight excluding hydrogens is 240 g/mol. The largest absolute Gasteiger partial charge is 0.409 e. The zero-order valence-corrected chi connectivity index (χ0v) is 13.5.